The van der Waals surface area contributed by atoms with E-state index in [9.17, 15) is 9.59 Å². The van der Waals surface area contributed by atoms with Gasteiger partial charge in [0.2, 0.25) is 0 Å². The molecule has 0 N–H and O–H groups in total. The van der Waals surface area contributed by atoms with Crippen molar-refractivity contribution in [3.8, 4) is 16.9 Å². The lowest BCUT2D eigenvalue weighted by Crippen LogP contribution is -2.30. The second-order valence-electron chi connectivity index (χ2n) is 8.83. The van der Waals surface area contributed by atoms with E-state index >= 15 is 0 Å². The molecule has 1 aliphatic rings. The molecule has 176 valence electrons. The van der Waals surface area contributed by atoms with Crippen molar-refractivity contribution in [3.63, 3.8) is 0 Å². The summed E-state index contributed by atoms with van der Waals surface area (Å²) in [6.45, 7) is 3.38. The van der Waals surface area contributed by atoms with Crippen LogP contribution < -0.4 is 4.74 Å². The standard InChI is InChI=1S/C30H33NO3/c1-2-23-18-19-25(24-14-8-7-9-15-24)28(22-23)34-21-13-6-4-3-5-12-20-31-29(32)26-16-10-11-17-27(26)30(31)33/h7-11,14-19,22H,2-6,12-13,20-21H2,1H3. The van der Waals surface area contributed by atoms with E-state index < -0.39 is 0 Å². The fourth-order valence-electron chi connectivity index (χ4n) is 4.47. The number of nitrogens with zero attached hydrogens (tertiary/aromatic N) is 1. The van der Waals surface area contributed by atoms with Crippen LogP contribution in [0.2, 0.25) is 0 Å². The summed E-state index contributed by atoms with van der Waals surface area (Å²) in [5.74, 6) is 0.658. The zero-order chi connectivity index (χ0) is 23.8. The third kappa shape index (κ3) is 5.56. The highest BCUT2D eigenvalue weighted by Crippen LogP contribution is 2.31. The zero-order valence-electron chi connectivity index (χ0n) is 20.0. The van der Waals surface area contributed by atoms with Crippen LogP contribution in [0.25, 0.3) is 11.1 Å². The van der Waals surface area contributed by atoms with Gasteiger partial charge in [-0.3, -0.25) is 14.5 Å². The topological polar surface area (TPSA) is 46.6 Å². The van der Waals surface area contributed by atoms with Crippen LogP contribution in [0.15, 0.2) is 72.8 Å². The molecule has 4 rings (SSSR count). The molecule has 34 heavy (non-hydrogen) atoms. The molecule has 1 heterocycles. The summed E-state index contributed by atoms with van der Waals surface area (Å²) in [5, 5.41) is 0. The Balaban J connectivity index is 1.15. The summed E-state index contributed by atoms with van der Waals surface area (Å²) in [5.41, 5.74) is 4.68. The maximum atomic E-state index is 12.4. The van der Waals surface area contributed by atoms with Crippen molar-refractivity contribution in [2.75, 3.05) is 13.2 Å². The van der Waals surface area contributed by atoms with Gasteiger partial charge in [-0.1, -0.05) is 87.2 Å². The SMILES string of the molecule is CCc1ccc(-c2ccccc2)c(OCCCCCCCCN2C(=O)c3ccccc3C2=O)c1. The summed E-state index contributed by atoms with van der Waals surface area (Å²) in [4.78, 5) is 26.2. The van der Waals surface area contributed by atoms with Crippen molar-refractivity contribution in [2.45, 2.75) is 51.9 Å². The molecule has 0 spiro atoms. The second kappa shape index (κ2) is 11.6. The number of hydrogen-bond acceptors (Lipinski definition) is 3. The van der Waals surface area contributed by atoms with Crippen LogP contribution in [0.3, 0.4) is 0 Å². The van der Waals surface area contributed by atoms with Gasteiger partial charge in [0.05, 0.1) is 17.7 Å². The lowest BCUT2D eigenvalue weighted by molar-refractivity contribution is 0.0651. The fraction of sp³-hybridized carbons (Fsp3) is 0.333. The fourth-order valence-corrected chi connectivity index (χ4v) is 4.47. The van der Waals surface area contributed by atoms with Crippen molar-refractivity contribution in [2.24, 2.45) is 0 Å². The van der Waals surface area contributed by atoms with Crippen LogP contribution in [0.5, 0.6) is 5.75 Å². The highest BCUT2D eigenvalue weighted by molar-refractivity contribution is 6.21. The molecule has 2 amide bonds. The molecule has 0 saturated carbocycles. The first-order valence-corrected chi connectivity index (χ1v) is 12.5. The van der Waals surface area contributed by atoms with Crippen LogP contribution in [-0.4, -0.2) is 29.9 Å². The Hall–Kier alpha value is -3.40. The maximum Gasteiger partial charge on any atom is 0.261 e. The first-order valence-electron chi connectivity index (χ1n) is 12.5. The Bertz CT molecular complexity index is 1090. The summed E-state index contributed by atoms with van der Waals surface area (Å²) in [7, 11) is 0. The predicted octanol–water partition coefficient (Wildman–Crippen LogP) is 6.93. The number of hydrogen-bond donors (Lipinski definition) is 0. The van der Waals surface area contributed by atoms with Crippen molar-refractivity contribution >= 4 is 11.8 Å². The molecule has 0 bridgehead atoms. The van der Waals surface area contributed by atoms with E-state index in [-0.39, 0.29) is 11.8 Å². The van der Waals surface area contributed by atoms with Gasteiger partial charge in [-0.15, -0.1) is 0 Å². The number of rotatable bonds is 12. The summed E-state index contributed by atoms with van der Waals surface area (Å²) >= 11 is 0. The monoisotopic (exact) mass is 455 g/mol. The number of carbonyl (C=O) groups is 2. The summed E-state index contributed by atoms with van der Waals surface area (Å²) in [6, 6.07) is 24.0. The van der Waals surface area contributed by atoms with Crippen molar-refractivity contribution < 1.29 is 14.3 Å². The van der Waals surface area contributed by atoms with E-state index in [0.717, 1.165) is 56.3 Å². The Labute approximate surface area is 202 Å². The van der Waals surface area contributed by atoms with E-state index in [1.54, 1.807) is 24.3 Å². The molecule has 4 nitrogen and oxygen atoms in total. The molecule has 4 heteroatoms. The van der Waals surface area contributed by atoms with Crippen LogP contribution in [-0.2, 0) is 6.42 Å². The van der Waals surface area contributed by atoms with Crippen LogP contribution in [0, 0.1) is 0 Å². The zero-order valence-corrected chi connectivity index (χ0v) is 20.0. The minimum atomic E-state index is -0.153. The largest absolute Gasteiger partial charge is 0.493 e. The van der Waals surface area contributed by atoms with Gasteiger partial charge in [0, 0.05) is 12.1 Å². The Morgan fingerprint density at radius 1 is 0.676 bits per heavy atom. The van der Waals surface area contributed by atoms with E-state index in [2.05, 4.69) is 49.4 Å². The number of benzene rings is 3. The molecule has 0 atom stereocenters. The van der Waals surface area contributed by atoms with E-state index in [1.165, 1.54) is 16.0 Å². The van der Waals surface area contributed by atoms with E-state index in [1.807, 2.05) is 6.07 Å². The normalized spacial score (nSPS) is 12.8. The van der Waals surface area contributed by atoms with Crippen molar-refractivity contribution in [3.05, 3.63) is 89.5 Å². The van der Waals surface area contributed by atoms with Gasteiger partial charge in [-0.05, 0) is 48.6 Å². The number of aryl methyl sites for hydroxylation is 1. The first kappa shape index (κ1) is 23.7. The molecular weight excluding hydrogens is 422 g/mol. The number of imide groups is 1. The minimum Gasteiger partial charge on any atom is -0.493 e. The van der Waals surface area contributed by atoms with Gasteiger partial charge in [0.25, 0.3) is 11.8 Å². The maximum absolute atomic E-state index is 12.4. The third-order valence-electron chi connectivity index (χ3n) is 6.45. The lowest BCUT2D eigenvalue weighted by Gasteiger charge is -2.14. The van der Waals surface area contributed by atoms with Gasteiger partial charge in [0.15, 0.2) is 0 Å². The molecule has 0 aromatic heterocycles. The Kier molecular flexibility index (Phi) is 8.13. The number of carbonyl (C=O) groups excluding carboxylic acids is 2. The average molecular weight is 456 g/mol. The molecule has 3 aromatic carbocycles. The van der Waals surface area contributed by atoms with E-state index in [4.69, 9.17) is 4.74 Å². The van der Waals surface area contributed by atoms with Crippen molar-refractivity contribution in [1.82, 2.24) is 4.90 Å². The highest BCUT2D eigenvalue weighted by atomic mass is 16.5. The molecule has 0 unspecified atom stereocenters. The molecule has 3 aromatic rings. The predicted molar refractivity (Wildman–Crippen MR) is 136 cm³/mol. The Morgan fingerprint density at radius 2 is 1.29 bits per heavy atom. The highest BCUT2D eigenvalue weighted by Gasteiger charge is 2.34. The second-order valence-corrected chi connectivity index (χ2v) is 8.83. The summed E-state index contributed by atoms with van der Waals surface area (Å²) in [6.07, 6.45) is 7.23. The van der Waals surface area contributed by atoms with Gasteiger partial charge >= 0.3 is 0 Å². The first-order chi connectivity index (χ1) is 16.7. The Morgan fingerprint density at radius 3 is 1.97 bits per heavy atom. The van der Waals surface area contributed by atoms with Crippen molar-refractivity contribution in [1.29, 1.82) is 0 Å². The van der Waals surface area contributed by atoms with Crippen LogP contribution >= 0.6 is 0 Å². The molecule has 0 radical (unpaired) electrons. The van der Waals surface area contributed by atoms with Gasteiger partial charge in [0.1, 0.15) is 5.75 Å². The van der Waals surface area contributed by atoms with Gasteiger partial charge < -0.3 is 4.74 Å². The van der Waals surface area contributed by atoms with Crippen LogP contribution in [0.4, 0.5) is 0 Å². The molecular formula is C30H33NO3. The smallest absolute Gasteiger partial charge is 0.261 e. The quantitative estimate of drug-likeness (QED) is 0.220. The average Bonchev–Trinajstić information content (AvgIpc) is 3.13. The number of amides is 2. The number of ether oxygens (including phenoxy) is 1. The van der Waals surface area contributed by atoms with E-state index in [0.29, 0.717) is 24.3 Å². The van der Waals surface area contributed by atoms with Gasteiger partial charge in [-0.25, -0.2) is 0 Å². The molecule has 0 saturated heterocycles. The van der Waals surface area contributed by atoms with Crippen LogP contribution in [0.1, 0.15) is 71.7 Å². The number of fused-ring (bicyclic) bond motifs is 1. The minimum absolute atomic E-state index is 0.153. The van der Waals surface area contributed by atoms with Gasteiger partial charge in [-0.2, -0.15) is 0 Å². The molecule has 0 aliphatic carbocycles. The molecule has 0 fully saturated rings. The number of unbranched alkanes of at least 4 members (excludes halogenated alkanes) is 5. The summed E-state index contributed by atoms with van der Waals surface area (Å²) < 4.78 is 6.20. The lowest BCUT2D eigenvalue weighted by atomic mass is 10.0. The third-order valence-corrected chi connectivity index (χ3v) is 6.45. The molecule has 1 aliphatic heterocycles.